The van der Waals surface area contributed by atoms with Crippen LogP contribution in [0.3, 0.4) is 0 Å². The lowest BCUT2D eigenvalue weighted by molar-refractivity contribution is -0.130. The lowest BCUT2D eigenvalue weighted by Gasteiger charge is -2.34. The van der Waals surface area contributed by atoms with Crippen LogP contribution >= 0.6 is 0 Å². The van der Waals surface area contributed by atoms with Gasteiger partial charge in [-0.15, -0.1) is 0 Å². The summed E-state index contributed by atoms with van der Waals surface area (Å²) in [4.78, 5) is 15.5. The Morgan fingerprint density at radius 1 is 1.25 bits per heavy atom. The Morgan fingerprint density at radius 2 is 1.95 bits per heavy atom. The van der Waals surface area contributed by atoms with Crippen molar-refractivity contribution in [3.8, 4) is 0 Å². The Bertz CT molecular complexity index is 395. The van der Waals surface area contributed by atoms with Crippen LogP contribution in [-0.4, -0.2) is 55.0 Å². The number of rotatable bonds is 4. The first-order valence-corrected chi connectivity index (χ1v) is 7.57. The second-order valence-electron chi connectivity index (χ2n) is 5.84. The number of ether oxygens (including phenoxy) is 1. The molecule has 0 aromatic heterocycles. The molecule has 0 radical (unpaired) electrons. The van der Waals surface area contributed by atoms with E-state index in [0.29, 0.717) is 11.8 Å². The van der Waals surface area contributed by atoms with Crippen LogP contribution in [-0.2, 0) is 9.53 Å². The van der Waals surface area contributed by atoms with Crippen molar-refractivity contribution in [2.75, 3.05) is 39.3 Å². The zero-order valence-electron chi connectivity index (χ0n) is 12.8. The molecule has 0 bridgehead atoms. The van der Waals surface area contributed by atoms with Crippen LogP contribution in [0.4, 0.5) is 0 Å². The summed E-state index contributed by atoms with van der Waals surface area (Å²) in [6, 6.07) is 0. The molecule has 20 heavy (non-hydrogen) atoms. The molecule has 1 aliphatic heterocycles. The summed E-state index contributed by atoms with van der Waals surface area (Å²) < 4.78 is 5.83. The average Bonchev–Trinajstić information content (AvgIpc) is 2.43. The van der Waals surface area contributed by atoms with E-state index in [1.165, 1.54) is 0 Å². The number of carbonyl (C=O) groups excluding carboxylic acids is 1. The van der Waals surface area contributed by atoms with Gasteiger partial charge in [-0.05, 0) is 24.0 Å². The standard InChI is InChI=1S/C16H26N2O2/c1-13-4-5-16(12-14(13)2)20-11-10-17-6-8-18(9-7-17)15(3)19/h4-5,12-14H,6-11H2,1-3H3. The maximum Gasteiger partial charge on any atom is 0.219 e. The highest BCUT2D eigenvalue weighted by atomic mass is 16.5. The van der Waals surface area contributed by atoms with Crippen molar-refractivity contribution >= 4 is 5.91 Å². The highest BCUT2D eigenvalue weighted by molar-refractivity contribution is 5.73. The Balaban J connectivity index is 1.66. The lowest BCUT2D eigenvalue weighted by Crippen LogP contribution is -2.48. The fourth-order valence-electron chi connectivity index (χ4n) is 2.56. The van der Waals surface area contributed by atoms with E-state index < -0.39 is 0 Å². The van der Waals surface area contributed by atoms with Crippen LogP contribution in [0, 0.1) is 11.8 Å². The molecular weight excluding hydrogens is 252 g/mol. The van der Waals surface area contributed by atoms with Gasteiger partial charge in [-0.3, -0.25) is 9.69 Å². The van der Waals surface area contributed by atoms with Gasteiger partial charge < -0.3 is 9.64 Å². The minimum atomic E-state index is 0.182. The third-order valence-corrected chi connectivity index (χ3v) is 4.31. The molecule has 1 heterocycles. The number of hydrogen-bond donors (Lipinski definition) is 0. The molecule has 1 amide bonds. The fraction of sp³-hybridized carbons (Fsp3) is 0.688. The van der Waals surface area contributed by atoms with Gasteiger partial charge in [0.05, 0.1) is 0 Å². The molecule has 1 saturated heterocycles. The van der Waals surface area contributed by atoms with Crippen molar-refractivity contribution < 1.29 is 9.53 Å². The average molecular weight is 278 g/mol. The van der Waals surface area contributed by atoms with Crippen molar-refractivity contribution in [1.82, 2.24) is 9.80 Å². The molecule has 0 saturated carbocycles. The number of piperazine rings is 1. The zero-order chi connectivity index (χ0) is 14.5. The molecule has 0 N–H and O–H groups in total. The van der Waals surface area contributed by atoms with Gasteiger partial charge in [0.15, 0.2) is 0 Å². The van der Waals surface area contributed by atoms with Gasteiger partial charge in [0, 0.05) is 39.6 Å². The van der Waals surface area contributed by atoms with Crippen molar-refractivity contribution in [3.63, 3.8) is 0 Å². The van der Waals surface area contributed by atoms with E-state index >= 15 is 0 Å². The molecule has 0 aromatic rings. The SMILES string of the molecule is CC(=O)N1CCN(CCOC2=CC(C)C(C)C=C2)CC1. The quantitative estimate of drug-likeness (QED) is 0.787. The van der Waals surface area contributed by atoms with E-state index in [1.807, 2.05) is 4.90 Å². The Labute approximate surface area is 122 Å². The second-order valence-corrected chi connectivity index (χ2v) is 5.84. The van der Waals surface area contributed by atoms with Gasteiger partial charge in [-0.1, -0.05) is 19.9 Å². The van der Waals surface area contributed by atoms with Crippen LogP contribution in [0.1, 0.15) is 20.8 Å². The molecule has 0 aromatic carbocycles. The molecular formula is C16H26N2O2. The first-order chi connectivity index (χ1) is 9.56. The molecule has 4 nitrogen and oxygen atoms in total. The summed E-state index contributed by atoms with van der Waals surface area (Å²) in [7, 11) is 0. The van der Waals surface area contributed by atoms with Gasteiger partial charge in [0.2, 0.25) is 5.91 Å². The number of allylic oxidation sites excluding steroid dienone is 3. The Hall–Kier alpha value is -1.29. The molecule has 2 unspecified atom stereocenters. The zero-order valence-corrected chi connectivity index (χ0v) is 12.8. The molecule has 2 aliphatic rings. The minimum absolute atomic E-state index is 0.182. The molecule has 1 fully saturated rings. The van der Waals surface area contributed by atoms with Gasteiger partial charge in [-0.2, -0.15) is 0 Å². The van der Waals surface area contributed by atoms with Gasteiger partial charge in [0.25, 0.3) is 0 Å². The smallest absolute Gasteiger partial charge is 0.219 e. The van der Waals surface area contributed by atoms with Crippen LogP contribution in [0.2, 0.25) is 0 Å². The van der Waals surface area contributed by atoms with Crippen molar-refractivity contribution in [3.05, 3.63) is 24.0 Å². The Kier molecular flexibility index (Phi) is 5.24. The summed E-state index contributed by atoms with van der Waals surface area (Å²) in [5.74, 6) is 2.33. The molecule has 4 heteroatoms. The van der Waals surface area contributed by atoms with E-state index in [0.717, 1.165) is 45.1 Å². The van der Waals surface area contributed by atoms with Gasteiger partial charge in [0.1, 0.15) is 12.4 Å². The summed E-state index contributed by atoms with van der Waals surface area (Å²) in [6.45, 7) is 11.3. The first-order valence-electron chi connectivity index (χ1n) is 7.57. The number of amides is 1. The molecule has 0 spiro atoms. The van der Waals surface area contributed by atoms with Crippen molar-refractivity contribution in [2.45, 2.75) is 20.8 Å². The van der Waals surface area contributed by atoms with E-state index in [9.17, 15) is 4.79 Å². The normalized spacial score (nSPS) is 27.4. The van der Waals surface area contributed by atoms with Crippen molar-refractivity contribution in [1.29, 1.82) is 0 Å². The summed E-state index contributed by atoms with van der Waals surface area (Å²) in [5.41, 5.74) is 0. The Morgan fingerprint density at radius 3 is 2.55 bits per heavy atom. The highest BCUT2D eigenvalue weighted by Crippen LogP contribution is 2.22. The molecule has 1 aliphatic carbocycles. The molecule has 2 atom stereocenters. The number of carbonyl (C=O) groups is 1. The monoisotopic (exact) mass is 278 g/mol. The van der Waals surface area contributed by atoms with Crippen LogP contribution < -0.4 is 0 Å². The maximum atomic E-state index is 11.3. The molecule has 112 valence electrons. The highest BCUT2D eigenvalue weighted by Gasteiger charge is 2.18. The van der Waals surface area contributed by atoms with E-state index in [4.69, 9.17) is 4.74 Å². The van der Waals surface area contributed by atoms with E-state index in [1.54, 1.807) is 6.92 Å². The van der Waals surface area contributed by atoms with E-state index in [2.05, 4.69) is 37.0 Å². The van der Waals surface area contributed by atoms with Crippen LogP contribution in [0.15, 0.2) is 24.0 Å². The first kappa shape index (κ1) is 15.1. The minimum Gasteiger partial charge on any atom is -0.493 e. The number of hydrogen-bond acceptors (Lipinski definition) is 3. The largest absolute Gasteiger partial charge is 0.493 e. The third-order valence-electron chi connectivity index (χ3n) is 4.31. The summed E-state index contributed by atoms with van der Waals surface area (Å²) in [6.07, 6.45) is 6.50. The molecule has 2 rings (SSSR count). The van der Waals surface area contributed by atoms with Gasteiger partial charge in [-0.25, -0.2) is 0 Å². The summed E-state index contributed by atoms with van der Waals surface area (Å²) >= 11 is 0. The van der Waals surface area contributed by atoms with Crippen LogP contribution in [0.25, 0.3) is 0 Å². The van der Waals surface area contributed by atoms with Gasteiger partial charge >= 0.3 is 0 Å². The topological polar surface area (TPSA) is 32.8 Å². The van der Waals surface area contributed by atoms with E-state index in [-0.39, 0.29) is 5.91 Å². The van der Waals surface area contributed by atoms with Crippen LogP contribution in [0.5, 0.6) is 0 Å². The number of nitrogens with zero attached hydrogens (tertiary/aromatic N) is 2. The lowest BCUT2D eigenvalue weighted by atomic mass is 9.91. The third kappa shape index (κ3) is 4.10. The fourth-order valence-corrected chi connectivity index (χ4v) is 2.56. The predicted octanol–water partition coefficient (Wildman–Crippen LogP) is 1.89. The summed E-state index contributed by atoms with van der Waals surface area (Å²) in [5, 5.41) is 0. The maximum absolute atomic E-state index is 11.3. The predicted molar refractivity (Wildman–Crippen MR) is 80.2 cm³/mol. The second kappa shape index (κ2) is 6.93. The van der Waals surface area contributed by atoms with Crippen molar-refractivity contribution in [2.24, 2.45) is 11.8 Å².